The molecule has 4 heterocycles. The Balaban J connectivity index is 1.23. The molecule has 1 N–H and O–H groups in total. The highest BCUT2D eigenvalue weighted by Gasteiger charge is 2.43. The number of carbonyl (C=O) groups excluding carboxylic acids is 2. The van der Waals surface area contributed by atoms with E-state index in [2.05, 4.69) is 32.3 Å². The van der Waals surface area contributed by atoms with Crippen LogP contribution in [0.15, 0.2) is 30.5 Å². The minimum Gasteiger partial charge on any atom is -0.370 e. The van der Waals surface area contributed by atoms with Crippen LogP contribution in [0, 0.1) is 0 Å². The number of carbonyl (C=O) groups is 2. The summed E-state index contributed by atoms with van der Waals surface area (Å²) >= 11 is 6.54. The first-order valence-corrected chi connectivity index (χ1v) is 12.7. The van der Waals surface area contributed by atoms with E-state index in [1.54, 1.807) is 12.3 Å². The molecule has 3 aliphatic rings. The highest BCUT2D eigenvalue weighted by Crippen LogP contribution is 2.40. The quantitative estimate of drug-likeness (QED) is 0.704. The first-order chi connectivity index (χ1) is 16.4. The molecule has 2 aromatic rings. The van der Waals surface area contributed by atoms with Gasteiger partial charge in [-0.25, -0.2) is 4.79 Å². The van der Waals surface area contributed by atoms with Crippen molar-refractivity contribution in [3.8, 4) is 0 Å². The van der Waals surface area contributed by atoms with Gasteiger partial charge in [0.05, 0.1) is 10.7 Å². The number of hydrogen-bond donors (Lipinski definition) is 1. The van der Waals surface area contributed by atoms with Crippen LogP contribution in [0.5, 0.6) is 0 Å². The van der Waals surface area contributed by atoms with Gasteiger partial charge in [-0.3, -0.25) is 9.69 Å². The lowest BCUT2D eigenvalue weighted by Crippen LogP contribution is -2.53. The fourth-order valence-corrected chi connectivity index (χ4v) is 6.06. The third-order valence-corrected chi connectivity index (χ3v) is 7.95. The van der Waals surface area contributed by atoms with Crippen molar-refractivity contribution in [2.45, 2.75) is 57.5 Å². The standard InChI is InChI=1S/C25H33ClN6O2/c1-19(33)27-23-7-14-32(28-23)24(34)30-15-9-25(10-16-30)8-4-13-31(25)18-20-5-6-21(26)22(17-20)29-11-2-3-12-29/h5-7,14,17H,2-4,8-13,15-16,18H2,1H3,(H,27,28,33). The van der Waals surface area contributed by atoms with Gasteiger partial charge in [0.2, 0.25) is 5.91 Å². The molecule has 1 aromatic carbocycles. The number of rotatable bonds is 4. The van der Waals surface area contributed by atoms with Crippen LogP contribution in [0.1, 0.15) is 51.0 Å². The van der Waals surface area contributed by atoms with E-state index in [-0.39, 0.29) is 17.5 Å². The predicted molar refractivity (Wildman–Crippen MR) is 133 cm³/mol. The Labute approximate surface area is 205 Å². The number of hydrogen-bond acceptors (Lipinski definition) is 5. The number of amides is 2. The second kappa shape index (κ2) is 9.58. The number of nitrogens with zero attached hydrogens (tertiary/aromatic N) is 5. The van der Waals surface area contributed by atoms with Crippen LogP contribution in [0.25, 0.3) is 0 Å². The van der Waals surface area contributed by atoms with Gasteiger partial charge in [-0.1, -0.05) is 17.7 Å². The van der Waals surface area contributed by atoms with Crippen LogP contribution in [-0.4, -0.2) is 69.8 Å². The monoisotopic (exact) mass is 484 g/mol. The smallest absolute Gasteiger partial charge is 0.344 e. The molecule has 182 valence electrons. The molecule has 1 spiro atoms. The Morgan fingerprint density at radius 2 is 1.79 bits per heavy atom. The average molecular weight is 485 g/mol. The molecular formula is C25H33ClN6O2. The molecule has 0 aliphatic carbocycles. The maximum atomic E-state index is 13.0. The van der Waals surface area contributed by atoms with Crippen molar-refractivity contribution in [1.29, 1.82) is 0 Å². The van der Waals surface area contributed by atoms with Gasteiger partial charge in [-0.15, -0.1) is 5.10 Å². The van der Waals surface area contributed by atoms with Gasteiger partial charge in [-0.05, 0) is 62.8 Å². The minimum absolute atomic E-state index is 0.135. The molecule has 0 unspecified atom stereocenters. The SMILES string of the molecule is CC(=O)Nc1ccn(C(=O)N2CCC3(CCCN3Cc3ccc(Cl)c(N4CCCC4)c3)CC2)n1. The summed E-state index contributed by atoms with van der Waals surface area (Å²) in [5.41, 5.74) is 2.63. The highest BCUT2D eigenvalue weighted by molar-refractivity contribution is 6.33. The van der Waals surface area contributed by atoms with Gasteiger partial charge in [0.25, 0.3) is 0 Å². The molecule has 0 radical (unpaired) electrons. The van der Waals surface area contributed by atoms with Crippen molar-refractivity contribution in [1.82, 2.24) is 19.6 Å². The zero-order valence-corrected chi connectivity index (χ0v) is 20.6. The molecule has 3 aliphatic heterocycles. The number of anilines is 2. The summed E-state index contributed by atoms with van der Waals surface area (Å²) in [6.07, 6.45) is 8.38. The Hall–Kier alpha value is -2.58. The molecule has 0 bridgehead atoms. The molecule has 8 nitrogen and oxygen atoms in total. The molecule has 9 heteroatoms. The van der Waals surface area contributed by atoms with Crippen LogP contribution in [0.4, 0.5) is 16.3 Å². The summed E-state index contributed by atoms with van der Waals surface area (Å²) in [5.74, 6) is 0.194. The summed E-state index contributed by atoms with van der Waals surface area (Å²) in [5, 5.41) is 7.66. The van der Waals surface area contributed by atoms with Crippen molar-refractivity contribution < 1.29 is 9.59 Å². The van der Waals surface area contributed by atoms with E-state index in [1.165, 1.54) is 48.5 Å². The molecule has 3 saturated heterocycles. The zero-order chi connectivity index (χ0) is 23.7. The lowest BCUT2D eigenvalue weighted by Gasteiger charge is -2.45. The number of benzene rings is 1. The summed E-state index contributed by atoms with van der Waals surface area (Å²) in [6, 6.07) is 8.00. The molecular weight excluding hydrogens is 452 g/mol. The van der Waals surface area contributed by atoms with Crippen molar-refractivity contribution in [2.75, 3.05) is 42.9 Å². The third kappa shape index (κ3) is 4.66. The van der Waals surface area contributed by atoms with Crippen molar-refractivity contribution in [2.24, 2.45) is 0 Å². The Morgan fingerprint density at radius 1 is 1.03 bits per heavy atom. The second-order valence-corrected chi connectivity index (χ2v) is 10.2. The molecule has 0 saturated carbocycles. The van der Waals surface area contributed by atoms with Gasteiger partial charge in [0, 0.05) is 57.4 Å². The van der Waals surface area contributed by atoms with Crippen LogP contribution >= 0.6 is 11.6 Å². The number of halogens is 1. The summed E-state index contributed by atoms with van der Waals surface area (Å²) in [7, 11) is 0. The largest absolute Gasteiger partial charge is 0.370 e. The van der Waals surface area contributed by atoms with Gasteiger partial charge in [0.1, 0.15) is 0 Å². The van der Waals surface area contributed by atoms with Gasteiger partial charge < -0.3 is 15.1 Å². The van der Waals surface area contributed by atoms with E-state index in [4.69, 9.17) is 11.6 Å². The molecule has 5 rings (SSSR count). The van der Waals surface area contributed by atoms with E-state index in [9.17, 15) is 9.59 Å². The maximum Gasteiger partial charge on any atom is 0.344 e. The van der Waals surface area contributed by atoms with Crippen molar-refractivity contribution in [3.63, 3.8) is 0 Å². The Bertz CT molecular complexity index is 1060. The van der Waals surface area contributed by atoms with Crippen LogP contribution < -0.4 is 10.2 Å². The van der Waals surface area contributed by atoms with E-state index < -0.39 is 0 Å². The molecule has 1 aromatic heterocycles. The molecule has 2 amide bonds. The second-order valence-electron chi connectivity index (χ2n) is 9.83. The topological polar surface area (TPSA) is 73.7 Å². The maximum absolute atomic E-state index is 13.0. The summed E-state index contributed by atoms with van der Waals surface area (Å²) < 4.78 is 1.32. The van der Waals surface area contributed by atoms with E-state index in [1.807, 2.05) is 11.0 Å². The predicted octanol–water partition coefficient (Wildman–Crippen LogP) is 4.19. The molecule has 0 atom stereocenters. The summed E-state index contributed by atoms with van der Waals surface area (Å²) in [4.78, 5) is 31.1. The van der Waals surface area contributed by atoms with Crippen molar-refractivity contribution in [3.05, 3.63) is 41.0 Å². The molecule has 3 fully saturated rings. The van der Waals surface area contributed by atoms with Crippen molar-refractivity contribution >= 4 is 35.0 Å². The lowest BCUT2D eigenvalue weighted by atomic mass is 9.85. The van der Waals surface area contributed by atoms with Gasteiger partial charge in [0.15, 0.2) is 5.82 Å². The number of aromatic nitrogens is 2. The van der Waals surface area contributed by atoms with Crippen LogP contribution in [-0.2, 0) is 11.3 Å². The number of piperidine rings is 1. The first kappa shape index (κ1) is 23.2. The van der Waals surface area contributed by atoms with E-state index in [0.717, 1.165) is 44.0 Å². The minimum atomic E-state index is -0.202. The normalized spacial score (nSPS) is 20.3. The number of nitrogens with one attached hydrogen (secondary N) is 1. The number of likely N-dealkylation sites (tertiary alicyclic amines) is 2. The van der Waals surface area contributed by atoms with Crippen LogP contribution in [0.2, 0.25) is 5.02 Å². The zero-order valence-electron chi connectivity index (χ0n) is 19.8. The summed E-state index contributed by atoms with van der Waals surface area (Å²) in [6.45, 7) is 7.04. The molecule has 34 heavy (non-hydrogen) atoms. The lowest BCUT2D eigenvalue weighted by molar-refractivity contribution is -0.114. The van der Waals surface area contributed by atoms with Gasteiger partial charge >= 0.3 is 6.03 Å². The fourth-order valence-electron chi connectivity index (χ4n) is 5.82. The third-order valence-electron chi connectivity index (χ3n) is 7.63. The van der Waals surface area contributed by atoms with E-state index in [0.29, 0.717) is 18.9 Å². The first-order valence-electron chi connectivity index (χ1n) is 12.3. The Kier molecular flexibility index (Phi) is 6.53. The Morgan fingerprint density at radius 3 is 2.53 bits per heavy atom. The van der Waals surface area contributed by atoms with E-state index >= 15 is 0 Å². The fraction of sp³-hybridized carbons (Fsp3) is 0.560. The van der Waals surface area contributed by atoms with Crippen LogP contribution in [0.3, 0.4) is 0 Å². The van der Waals surface area contributed by atoms with Gasteiger partial charge in [-0.2, -0.15) is 4.68 Å². The highest BCUT2D eigenvalue weighted by atomic mass is 35.5. The average Bonchev–Trinajstić information content (AvgIpc) is 3.58.